The second kappa shape index (κ2) is 9.62. The van der Waals surface area contributed by atoms with Gasteiger partial charge < -0.3 is 14.7 Å². The first-order valence-electron chi connectivity index (χ1n) is 11.5. The average Bonchev–Trinajstić information content (AvgIpc) is 3.53. The Morgan fingerprint density at radius 2 is 1.84 bits per heavy atom. The van der Waals surface area contributed by atoms with Gasteiger partial charge in [-0.25, -0.2) is 0 Å². The van der Waals surface area contributed by atoms with Gasteiger partial charge in [-0.2, -0.15) is 4.98 Å². The first-order chi connectivity index (χ1) is 15.0. The van der Waals surface area contributed by atoms with Crippen molar-refractivity contribution >= 4 is 11.8 Å². The van der Waals surface area contributed by atoms with Crippen LogP contribution < -0.4 is 5.32 Å². The quantitative estimate of drug-likeness (QED) is 0.699. The van der Waals surface area contributed by atoms with Crippen molar-refractivity contribution in [3.05, 3.63) is 47.6 Å². The molecule has 1 saturated heterocycles. The van der Waals surface area contributed by atoms with Gasteiger partial charge in [-0.3, -0.25) is 9.59 Å². The molecule has 1 saturated carbocycles. The van der Waals surface area contributed by atoms with Crippen LogP contribution in [0.25, 0.3) is 0 Å². The van der Waals surface area contributed by atoms with Crippen LogP contribution in [0.15, 0.2) is 34.9 Å². The van der Waals surface area contributed by atoms with E-state index in [-0.39, 0.29) is 29.7 Å². The molecule has 1 unspecified atom stereocenters. The number of hydrogen-bond donors (Lipinski definition) is 1. The van der Waals surface area contributed by atoms with Crippen LogP contribution in [0.4, 0.5) is 0 Å². The largest absolute Gasteiger partial charge is 0.344 e. The van der Waals surface area contributed by atoms with E-state index in [0.717, 1.165) is 25.1 Å². The van der Waals surface area contributed by atoms with Crippen LogP contribution in [0.2, 0.25) is 0 Å². The van der Waals surface area contributed by atoms with Crippen molar-refractivity contribution in [3.8, 4) is 0 Å². The molecule has 2 heterocycles. The molecule has 2 amide bonds. The summed E-state index contributed by atoms with van der Waals surface area (Å²) in [6.45, 7) is 5.34. The van der Waals surface area contributed by atoms with Gasteiger partial charge >= 0.3 is 0 Å². The van der Waals surface area contributed by atoms with E-state index in [4.69, 9.17) is 4.52 Å². The lowest BCUT2D eigenvalue weighted by atomic mass is 9.94. The number of amides is 2. The van der Waals surface area contributed by atoms with E-state index in [0.29, 0.717) is 44.2 Å². The van der Waals surface area contributed by atoms with Crippen molar-refractivity contribution in [2.75, 3.05) is 13.1 Å². The zero-order valence-electron chi connectivity index (χ0n) is 18.4. The Balaban J connectivity index is 1.26. The van der Waals surface area contributed by atoms with E-state index in [1.165, 1.54) is 5.56 Å². The number of rotatable bonds is 8. The number of likely N-dealkylation sites (tertiary alicyclic amines) is 1. The van der Waals surface area contributed by atoms with E-state index < -0.39 is 0 Å². The average molecular weight is 425 g/mol. The van der Waals surface area contributed by atoms with Crippen LogP contribution in [-0.4, -0.2) is 39.9 Å². The predicted molar refractivity (Wildman–Crippen MR) is 116 cm³/mol. The van der Waals surface area contributed by atoms with Crippen LogP contribution in [0, 0.1) is 11.8 Å². The SMILES string of the molecule is CC(C)C(NC(=O)C1CCN(C(=O)CCc2ccccc2)CC1)c1nc(C2CC2)no1. The monoisotopic (exact) mass is 424 g/mol. The van der Waals surface area contributed by atoms with E-state index in [1.807, 2.05) is 49.1 Å². The van der Waals surface area contributed by atoms with Crippen LogP contribution in [0.3, 0.4) is 0 Å². The minimum Gasteiger partial charge on any atom is -0.344 e. The Morgan fingerprint density at radius 3 is 2.48 bits per heavy atom. The summed E-state index contributed by atoms with van der Waals surface area (Å²) in [5.74, 6) is 1.92. The van der Waals surface area contributed by atoms with Gasteiger partial charge in [0.05, 0.1) is 0 Å². The molecule has 1 aromatic carbocycles. The van der Waals surface area contributed by atoms with Crippen molar-refractivity contribution in [3.63, 3.8) is 0 Å². The molecule has 1 aliphatic heterocycles. The third-order valence-electron chi connectivity index (χ3n) is 6.32. The molecule has 7 heteroatoms. The summed E-state index contributed by atoms with van der Waals surface area (Å²) >= 11 is 0. The highest BCUT2D eigenvalue weighted by Gasteiger charge is 2.33. The third kappa shape index (κ3) is 5.51. The second-order valence-electron chi connectivity index (χ2n) is 9.14. The normalized spacial score (nSPS) is 18.2. The summed E-state index contributed by atoms with van der Waals surface area (Å²) in [4.78, 5) is 31.9. The maximum Gasteiger partial charge on any atom is 0.249 e. The smallest absolute Gasteiger partial charge is 0.249 e. The zero-order valence-corrected chi connectivity index (χ0v) is 18.4. The Bertz CT molecular complexity index is 883. The van der Waals surface area contributed by atoms with Crippen molar-refractivity contribution in [1.82, 2.24) is 20.4 Å². The van der Waals surface area contributed by atoms with Crippen LogP contribution in [-0.2, 0) is 16.0 Å². The number of nitrogens with zero attached hydrogens (tertiary/aromatic N) is 3. The summed E-state index contributed by atoms with van der Waals surface area (Å²) in [5.41, 5.74) is 1.18. The fourth-order valence-electron chi connectivity index (χ4n) is 4.11. The highest BCUT2D eigenvalue weighted by molar-refractivity contribution is 5.80. The summed E-state index contributed by atoms with van der Waals surface area (Å²) in [6.07, 6.45) is 4.86. The van der Waals surface area contributed by atoms with Gasteiger partial charge in [0, 0.05) is 31.3 Å². The topological polar surface area (TPSA) is 88.3 Å². The lowest BCUT2D eigenvalue weighted by molar-refractivity contribution is -0.136. The highest BCUT2D eigenvalue weighted by Crippen LogP contribution is 2.38. The van der Waals surface area contributed by atoms with Crippen molar-refractivity contribution in [2.24, 2.45) is 11.8 Å². The Labute approximate surface area is 183 Å². The van der Waals surface area contributed by atoms with Gasteiger partial charge in [0.25, 0.3) is 0 Å². The van der Waals surface area contributed by atoms with Crippen LogP contribution in [0.5, 0.6) is 0 Å². The summed E-state index contributed by atoms with van der Waals surface area (Å²) in [5, 5.41) is 7.22. The summed E-state index contributed by atoms with van der Waals surface area (Å²) in [6, 6.07) is 9.79. The number of carbonyl (C=O) groups excluding carboxylic acids is 2. The number of aromatic nitrogens is 2. The number of nitrogens with one attached hydrogen (secondary N) is 1. The molecular weight excluding hydrogens is 392 g/mol. The first-order valence-corrected chi connectivity index (χ1v) is 11.5. The standard InChI is InChI=1S/C24H32N4O3/c1-16(2)21(24-26-22(27-31-24)18-9-10-18)25-23(30)19-12-14-28(15-13-19)20(29)11-8-17-6-4-3-5-7-17/h3-7,16,18-19,21H,8-15H2,1-2H3,(H,25,30). The molecule has 1 aliphatic carbocycles. The second-order valence-corrected chi connectivity index (χ2v) is 9.14. The zero-order chi connectivity index (χ0) is 21.8. The first kappa shape index (κ1) is 21.5. The summed E-state index contributed by atoms with van der Waals surface area (Å²) < 4.78 is 5.46. The Morgan fingerprint density at radius 1 is 1.13 bits per heavy atom. The molecule has 1 N–H and O–H groups in total. The van der Waals surface area contributed by atoms with Gasteiger partial charge in [0.2, 0.25) is 17.7 Å². The molecule has 166 valence electrons. The maximum absolute atomic E-state index is 12.9. The number of benzene rings is 1. The van der Waals surface area contributed by atoms with Crippen LogP contribution >= 0.6 is 0 Å². The van der Waals surface area contributed by atoms with Crippen molar-refractivity contribution < 1.29 is 14.1 Å². The molecule has 1 atom stereocenters. The van der Waals surface area contributed by atoms with Crippen molar-refractivity contribution in [2.45, 2.75) is 64.3 Å². The van der Waals surface area contributed by atoms with Gasteiger partial charge in [0.15, 0.2) is 5.82 Å². The third-order valence-corrected chi connectivity index (χ3v) is 6.32. The molecule has 4 rings (SSSR count). The molecule has 31 heavy (non-hydrogen) atoms. The lowest BCUT2D eigenvalue weighted by Gasteiger charge is -2.32. The predicted octanol–water partition coefficient (Wildman–Crippen LogP) is 3.63. The molecular formula is C24H32N4O3. The van der Waals surface area contributed by atoms with Crippen LogP contribution in [0.1, 0.15) is 75.2 Å². The molecule has 2 aliphatic rings. The number of aryl methyl sites for hydroxylation is 1. The van der Waals surface area contributed by atoms with Gasteiger partial charge in [-0.15, -0.1) is 0 Å². The van der Waals surface area contributed by atoms with E-state index in [1.54, 1.807) is 0 Å². The van der Waals surface area contributed by atoms with E-state index in [9.17, 15) is 9.59 Å². The number of carbonyl (C=O) groups is 2. The molecule has 0 radical (unpaired) electrons. The highest BCUT2D eigenvalue weighted by atomic mass is 16.5. The molecule has 2 fully saturated rings. The lowest BCUT2D eigenvalue weighted by Crippen LogP contribution is -2.44. The van der Waals surface area contributed by atoms with Crippen molar-refractivity contribution in [1.29, 1.82) is 0 Å². The molecule has 0 bridgehead atoms. The Kier molecular flexibility index (Phi) is 6.68. The Hall–Kier alpha value is -2.70. The van der Waals surface area contributed by atoms with E-state index >= 15 is 0 Å². The summed E-state index contributed by atoms with van der Waals surface area (Å²) in [7, 11) is 0. The fraction of sp³-hybridized carbons (Fsp3) is 0.583. The van der Waals surface area contributed by atoms with Gasteiger partial charge in [-0.1, -0.05) is 49.3 Å². The number of piperidine rings is 1. The molecule has 7 nitrogen and oxygen atoms in total. The van der Waals surface area contributed by atoms with E-state index in [2.05, 4.69) is 15.5 Å². The fourth-order valence-corrected chi connectivity index (χ4v) is 4.11. The molecule has 1 aromatic heterocycles. The number of hydrogen-bond acceptors (Lipinski definition) is 5. The van der Waals surface area contributed by atoms with Gasteiger partial charge in [0.1, 0.15) is 6.04 Å². The minimum atomic E-state index is -0.280. The molecule has 2 aromatic rings. The maximum atomic E-state index is 12.9. The minimum absolute atomic E-state index is 0.0151. The van der Waals surface area contributed by atoms with Gasteiger partial charge in [-0.05, 0) is 43.6 Å². The molecule has 0 spiro atoms.